The average molecular weight is 409 g/mol. The number of hydrogen-bond acceptors (Lipinski definition) is 5. The second-order valence-corrected chi connectivity index (χ2v) is 10.4. The summed E-state index contributed by atoms with van der Waals surface area (Å²) in [7, 11) is -3.33. The molecule has 1 aliphatic carbocycles. The van der Waals surface area contributed by atoms with Crippen molar-refractivity contribution in [3.63, 3.8) is 0 Å². The smallest absolute Gasteiger partial charge is 0.284 e. The zero-order valence-electron chi connectivity index (χ0n) is 15.5. The van der Waals surface area contributed by atoms with Crippen molar-refractivity contribution in [3.05, 3.63) is 34.7 Å². The lowest BCUT2D eigenvalue weighted by Crippen LogP contribution is -2.39. The topological polar surface area (TPSA) is 83.6 Å². The molecular formula is C19H24N2O4S2. The van der Waals surface area contributed by atoms with E-state index < -0.39 is 10.0 Å². The van der Waals surface area contributed by atoms with Crippen molar-refractivity contribution in [2.75, 3.05) is 17.5 Å². The monoisotopic (exact) mass is 408 g/mol. The maximum absolute atomic E-state index is 12.7. The molecular weight excluding hydrogens is 384 g/mol. The number of nitrogens with zero attached hydrogens (tertiary/aromatic N) is 1. The van der Waals surface area contributed by atoms with Crippen molar-refractivity contribution in [3.8, 4) is 0 Å². The van der Waals surface area contributed by atoms with Gasteiger partial charge in [0, 0.05) is 12.2 Å². The highest BCUT2D eigenvalue weighted by Crippen LogP contribution is 2.40. The molecule has 27 heavy (non-hydrogen) atoms. The van der Waals surface area contributed by atoms with E-state index in [2.05, 4.69) is 11.6 Å². The third-order valence-electron chi connectivity index (χ3n) is 4.99. The van der Waals surface area contributed by atoms with Gasteiger partial charge in [-0.2, -0.15) is 0 Å². The van der Waals surface area contributed by atoms with Crippen LogP contribution in [0.25, 0.3) is 6.08 Å². The van der Waals surface area contributed by atoms with Gasteiger partial charge in [-0.25, -0.2) is 8.42 Å². The van der Waals surface area contributed by atoms with Crippen LogP contribution in [0.15, 0.2) is 29.2 Å². The quantitative estimate of drug-likeness (QED) is 0.743. The molecule has 1 saturated carbocycles. The number of sulfonamides is 1. The fourth-order valence-electron chi connectivity index (χ4n) is 3.59. The first-order valence-electron chi connectivity index (χ1n) is 8.99. The lowest BCUT2D eigenvalue weighted by molar-refractivity contribution is -0.124. The minimum absolute atomic E-state index is 0.0124. The lowest BCUT2D eigenvalue weighted by atomic mass is 9.75. The molecule has 0 bridgehead atoms. The zero-order valence-corrected chi connectivity index (χ0v) is 17.2. The van der Waals surface area contributed by atoms with E-state index in [1.54, 1.807) is 30.3 Å². The van der Waals surface area contributed by atoms with Crippen molar-refractivity contribution in [1.29, 1.82) is 0 Å². The Morgan fingerprint density at radius 2 is 1.78 bits per heavy atom. The number of nitrogens with one attached hydrogen (secondary N) is 1. The molecule has 0 radical (unpaired) electrons. The van der Waals surface area contributed by atoms with E-state index in [1.165, 1.54) is 11.3 Å². The number of carbonyl (C=O) groups excluding carboxylic acids is 2. The fraction of sp³-hybridized carbons (Fsp3) is 0.474. The van der Waals surface area contributed by atoms with Gasteiger partial charge in [0.05, 0.1) is 11.2 Å². The molecule has 0 spiro atoms. The van der Waals surface area contributed by atoms with Crippen LogP contribution in [0.1, 0.15) is 44.6 Å². The van der Waals surface area contributed by atoms with Crippen LogP contribution in [-0.4, -0.2) is 37.3 Å². The molecule has 1 heterocycles. The SMILES string of the molecule is CC1(CN2C(=O)SC(=Cc3ccc(NS(C)(=O)=O)cc3)C2=O)CCCCC1. The molecule has 1 aromatic rings. The number of thioether (sulfide) groups is 1. The Hall–Kier alpha value is -1.80. The average Bonchev–Trinajstić information content (AvgIpc) is 2.83. The molecule has 8 heteroatoms. The standard InChI is InChI=1S/C19H24N2O4S2/c1-19(10-4-3-5-11-19)13-21-17(22)16(26-18(21)23)12-14-6-8-15(9-7-14)20-27(2,24)25/h6-9,12,20H,3-5,10-11,13H2,1-2H3. The molecule has 1 N–H and O–H groups in total. The Labute approximate surface area is 164 Å². The summed E-state index contributed by atoms with van der Waals surface area (Å²) in [5, 5.41) is -0.214. The maximum Gasteiger partial charge on any atom is 0.293 e. The molecule has 1 aromatic carbocycles. The summed E-state index contributed by atoms with van der Waals surface area (Å²) in [5.74, 6) is -0.241. The first-order chi connectivity index (χ1) is 12.7. The number of amides is 2. The van der Waals surface area contributed by atoms with E-state index in [0.717, 1.165) is 49.3 Å². The number of benzene rings is 1. The molecule has 6 nitrogen and oxygen atoms in total. The molecule has 146 valence electrons. The minimum atomic E-state index is -3.33. The first-order valence-corrected chi connectivity index (χ1v) is 11.7. The van der Waals surface area contributed by atoms with Crippen LogP contribution < -0.4 is 4.72 Å². The molecule has 0 aromatic heterocycles. The van der Waals surface area contributed by atoms with Gasteiger partial charge in [0.15, 0.2) is 0 Å². The molecule has 1 saturated heterocycles. The first kappa shape index (κ1) is 19.9. The van der Waals surface area contributed by atoms with Crippen LogP contribution in [0.3, 0.4) is 0 Å². The molecule has 3 rings (SSSR count). The zero-order chi connectivity index (χ0) is 19.7. The predicted octanol–water partition coefficient (Wildman–Crippen LogP) is 4.06. The largest absolute Gasteiger partial charge is 0.293 e. The van der Waals surface area contributed by atoms with Gasteiger partial charge in [0.25, 0.3) is 11.1 Å². The highest BCUT2D eigenvalue weighted by atomic mass is 32.2. The number of imide groups is 1. The second kappa shape index (κ2) is 7.67. The van der Waals surface area contributed by atoms with Gasteiger partial charge in [-0.15, -0.1) is 0 Å². The summed E-state index contributed by atoms with van der Waals surface area (Å²) in [6.45, 7) is 2.64. The minimum Gasteiger partial charge on any atom is -0.284 e. The Kier molecular flexibility index (Phi) is 5.67. The van der Waals surface area contributed by atoms with Gasteiger partial charge in [-0.3, -0.25) is 19.2 Å². The Morgan fingerprint density at radius 1 is 1.15 bits per heavy atom. The Morgan fingerprint density at radius 3 is 2.37 bits per heavy atom. The Bertz CT molecular complexity index is 869. The number of carbonyl (C=O) groups is 2. The van der Waals surface area contributed by atoms with Crippen molar-refractivity contribution >= 4 is 44.7 Å². The van der Waals surface area contributed by atoms with E-state index in [1.807, 2.05) is 0 Å². The summed E-state index contributed by atoms with van der Waals surface area (Å²) >= 11 is 0.965. The third-order valence-corrected chi connectivity index (χ3v) is 6.50. The predicted molar refractivity (Wildman–Crippen MR) is 109 cm³/mol. The molecule has 0 unspecified atom stereocenters. The lowest BCUT2D eigenvalue weighted by Gasteiger charge is -2.35. The van der Waals surface area contributed by atoms with Crippen LogP contribution in [0, 0.1) is 5.41 Å². The van der Waals surface area contributed by atoms with Gasteiger partial charge in [-0.1, -0.05) is 38.3 Å². The van der Waals surface area contributed by atoms with Gasteiger partial charge < -0.3 is 0 Å². The molecule has 0 atom stereocenters. The van der Waals surface area contributed by atoms with Crippen LogP contribution in [0.5, 0.6) is 0 Å². The van der Waals surface area contributed by atoms with Crippen LogP contribution >= 0.6 is 11.8 Å². The fourth-order valence-corrected chi connectivity index (χ4v) is 5.00. The molecule has 2 fully saturated rings. The van der Waals surface area contributed by atoms with E-state index >= 15 is 0 Å². The van der Waals surface area contributed by atoms with Crippen LogP contribution in [0.4, 0.5) is 10.5 Å². The van der Waals surface area contributed by atoms with Crippen molar-refractivity contribution in [2.24, 2.45) is 5.41 Å². The van der Waals surface area contributed by atoms with Gasteiger partial charge in [0.2, 0.25) is 10.0 Å². The summed E-state index contributed by atoms with van der Waals surface area (Å²) in [4.78, 5) is 26.9. The van der Waals surface area contributed by atoms with E-state index in [9.17, 15) is 18.0 Å². The summed E-state index contributed by atoms with van der Waals surface area (Å²) in [5.41, 5.74) is 1.20. The van der Waals surface area contributed by atoms with Gasteiger partial charge in [0.1, 0.15) is 0 Å². The highest BCUT2D eigenvalue weighted by Gasteiger charge is 2.40. The second-order valence-electron chi connectivity index (χ2n) is 7.64. The van der Waals surface area contributed by atoms with Crippen LogP contribution in [0.2, 0.25) is 0 Å². The van der Waals surface area contributed by atoms with E-state index in [0.29, 0.717) is 17.1 Å². The number of anilines is 1. The molecule has 1 aliphatic heterocycles. The highest BCUT2D eigenvalue weighted by molar-refractivity contribution is 8.18. The van der Waals surface area contributed by atoms with E-state index in [-0.39, 0.29) is 16.6 Å². The number of rotatable bonds is 5. The molecule has 2 aliphatic rings. The normalized spacial score (nSPS) is 21.7. The maximum atomic E-state index is 12.7. The van der Waals surface area contributed by atoms with Gasteiger partial charge in [-0.05, 0) is 53.8 Å². The summed E-state index contributed by atoms with van der Waals surface area (Å²) in [6.07, 6.45) is 8.38. The summed E-state index contributed by atoms with van der Waals surface area (Å²) in [6, 6.07) is 6.67. The van der Waals surface area contributed by atoms with Crippen molar-refractivity contribution in [2.45, 2.75) is 39.0 Å². The third kappa shape index (κ3) is 5.13. The van der Waals surface area contributed by atoms with Gasteiger partial charge >= 0.3 is 0 Å². The Balaban J connectivity index is 1.72. The molecule has 2 amide bonds. The summed E-state index contributed by atoms with van der Waals surface area (Å²) < 4.78 is 24.9. The van der Waals surface area contributed by atoms with Crippen molar-refractivity contribution < 1.29 is 18.0 Å². The number of hydrogen-bond donors (Lipinski definition) is 1. The van der Waals surface area contributed by atoms with Crippen molar-refractivity contribution in [1.82, 2.24) is 4.90 Å². The van der Waals surface area contributed by atoms with E-state index in [4.69, 9.17) is 0 Å². The van der Waals surface area contributed by atoms with Crippen LogP contribution in [-0.2, 0) is 14.8 Å².